The molecule has 0 spiro atoms. The number of rotatable bonds is 3. The van der Waals surface area contributed by atoms with E-state index in [1.807, 2.05) is 24.3 Å². The van der Waals surface area contributed by atoms with Crippen molar-refractivity contribution >= 4 is 43.4 Å². The molecule has 1 saturated heterocycles. The Kier molecular flexibility index (Phi) is 4.91. The number of para-hydroxylation sites is 1. The smallest absolute Gasteiger partial charge is 0.271 e. The third kappa shape index (κ3) is 3.30. The number of anilines is 1. The monoisotopic (exact) mass is 453 g/mol. The van der Waals surface area contributed by atoms with E-state index >= 15 is 0 Å². The Hall–Kier alpha value is -2.70. The highest BCUT2D eigenvalue weighted by Gasteiger charge is 2.50. The lowest BCUT2D eigenvalue weighted by Gasteiger charge is -2.23. The Morgan fingerprint density at radius 1 is 0.821 bits per heavy atom. The van der Waals surface area contributed by atoms with Gasteiger partial charge in [-0.2, -0.15) is 0 Å². The third-order valence-corrected chi connectivity index (χ3v) is 7.06. The van der Waals surface area contributed by atoms with Crippen molar-refractivity contribution in [3.05, 3.63) is 105 Å². The summed E-state index contributed by atoms with van der Waals surface area (Å²) >= 11 is 3.36. The molecule has 1 atom stereocenters. The minimum Gasteiger partial charge on any atom is -0.286 e. The first-order chi connectivity index (χ1) is 13.5. The average molecular weight is 454 g/mol. The van der Waals surface area contributed by atoms with Crippen LogP contribution in [0.1, 0.15) is 16.5 Å². The van der Waals surface area contributed by atoms with E-state index in [1.165, 1.54) is 11.0 Å². The van der Waals surface area contributed by atoms with Gasteiger partial charge < -0.3 is 0 Å². The Bertz CT molecular complexity index is 1140. The van der Waals surface area contributed by atoms with Crippen LogP contribution in [0, 0.1) is 0 Å². The summed E-state index contributed by atoms with van der Waals surface area (Å²) in [4.78, 5) is 14.4. The summed E-state index contributed by atoms with van der Waals surface area (Å²) in [6.45, 7) is 0. The largest absolute Gasteiger partial charge is 0.286 e. The molecular weight excluding hydrogens is 438 g/mol. The predicted molar refractivity (Wildman–Crippen MR) is 114 cm³/mol. The molecule has 1 amide bonds. The molecule has 1 heterocycles. The minimum absolute atomic E-state index is 0.201. The second-order valence-corrected chi connectivity index (χ2v) is 9.27. The molecule has 4 rings (SSSR count). The highest BCUT2D eigenvalue weighted by Crippen LogP contribution is 2.43. The number of nitrogens with zero attached hydrogens (tertiary/aromatic N) is 1. The number of halogens is 1. The Morgan fingerprint density at radius 3 is 2.00 bits per heavy atom. The topological polar surface area (TPSA) is 54.5 Å². The van der Waals surface area contributed by atoms with Crippen molar-refractivity contribution < 1.29 is 13.2 Å². The Morgan fingerprint density at radius 2 is 1.39 bits per heavy atom. The number of amides is 1. The lowest BCUT2D eigenvalue weighted by atomic mass is 10.1. The Labute approximate surface area is 172 Å². The normalized spacial score (nSPS) is 19.9. The van der Waals surface area contributed by atoms with Crippen LogP contribution >= 0.6 is 15.9 Å². The number of carbonyl (C=O) groups is 1. The lowest BCUT2D eigenvalue weighted by molar-refractivity contribution is -0.114. The molecule has 0 radical (unpaired) electrons. The fourth-order valence-electron chi connectivity index (χ4n) is 3.25. The van der Waals surface area contributed by atoms with Crippen molar-refractivity contribution in [2.45, 2.75) is 5.37 Å². The van der Waals surface area contributed by atoms with Gasteiger partial charge in [0.15, 0.2) is 5.37 Å². The van der Waals surface area contributed by atoms with E-state index in [2.05, 4.69) is 15.9 Å². The van der Waals surface area contributed by atoms with Crippen LogP contribution in [0.15, 0.2) is 94.3 Å². The first-order valence-electron chi connectivity index (χ1n) is 8.63. The van der Waals surface area contributed by atoms with Crippen LogP contribution in [0.3, 0.4) is 0 Å². The molecule has 1 unspecified atom stereocenters. The summed E-state index contributed by atoms with van der Waals surface area (Å²) in [6, 6.07) is 24.9. The van der Waals surface area contributed by atoms with Crippen molar-refractivity contribution in [2.24, 2.45) is 0 Å². The molecule has 4 nitrogen and oxygen atoms in total. The molecule has 0 aliphatic carbocycles. The summed E-state index contributed by atoms with van der Waals surface area (Å²) in [6.07, 6.45) is 1.45. The molecule has 0 aromatic heterocycles. The number of hydrogen-bond donors (Lipinski definition) is 0. The van der Waals surface area contributed by atoms with Crippen LogP contribution in [-0.2, 0) is 14.6 Å². The van der Waals surface area contributed by atoms with Gasteiger partial charge in [0.25, 0.3) is 5.91 Å². The van der Waals surface area contributed by atoms with Gasteiger partial charge in [0.1, 0.15) is 4.91 Å². The molecular formula is C22H16BrNO3S. The van der Waals surface area contributed by atoms with Crippen molar-refractivity contribution in [3.63, 3.8) is 0 Å². The van der Waals surface area contributed by atoms with Gasteiger partial charge in [0.2, 0.25) is 9.84 Å². The number of sulfone groups is 1. The summed E-state index contributed by atoms with van der Waals surface area (Å²) in [5.74, 6) is -0.525. The first-order valence-corrected chi connectivity index (χ1v) is 11.0. The molecule has 1 aliphatic heterocycles. The van der Waals surface area contributed by atoms with Gasteiger partial charge in [-0.15, -0.1) is 0 Å². The number of benzene rings is 3. The molecule has 1 aliphatic rings. The van der Waals surface area contributed by atoms with Crippen LogP contribution in [-0.4, -0.2) is 14.3 Å². The van der Waals surface area contributed by atoms with E-state index < -0.39 is 21.1 Å². The fourth-order valence-corrected chi connectivity index (χ4v) is 5.40. The van der Waals surface area contributed by atoms with Gasteiger partial charge >= 0.3 is 0 Å². The summed E-state index contributed by atoms with van der Waals surface area (Å²) in [7, 11) is -3.91. The quantitative estimate of drug-likeness (QED) is 0.527. The van der Waals surface area contributed by atoms with E-state index in [9.17, 15) is 13.2 Å². The van der Waals surface area contributed by atoms with E-state index in [0.29, 0.717) is 16.8 Å². The van der Waals surface area contributed by atoms with E-state index in [0.717, 1.165) is 4.47 Å². The molecule has 28 heavy (non-hydrogen) atoms. The van der Waals surface area contributed by atoms with Crippen molar-refractivity contribution in [1.29, 1.82) is 0 Å². The predicted octanol–water partition coefficient (Wildman–Crippen LogP) is 4.95. The van der Waals surface area contributed by atoms with Gasteiger partial charge in [0, 0.05) is 10.2 Å². The van der Waals surface area contributed by atoms with E-state index in [1.54, 1.807) is 60.7 Å². The highest BCUT2D eigenvalue weighted by atomic mass is 79.9. The average Bonchev–Trinajstić information content (AvgIpc) is 2.91. The van der Waals surface area contributed by atoms with E-state index in [4.69, 9.17) is 0 Å². The summed E-state index contributed by atoms with van der Waals surface area (Å²) in [5.41, 5.74) is 1.75. The Balaban J connectivity index is 1.90. The zero-order valence-corrected chi connectivity index (χ0v) is 17.1. The highest BCUT2D eigenvalue weighted by molar-refractivity contribution is 9.10. The number of carbonyl (C=O) groups excluding carboxylic acids is 1. The maximum atomic E-state index is 13.4. The minimum atomic E-state index is -3.91. The summed E-state index contributed by atoms with van der Waals surface area (Å²) < 4.78 is 27.7. The fraction of sp³-hybridized carbons (Fsp3) is 0.0455. The molecule has 140 valence electrons. The molecule has 0 saturated carbocycles. The third-order valence-electron chi connectivity index (χ3n) is 4.55. The van der Waals surface area contributed by atoms with Gasteiger partial charge in [-0.3, -0.25) is 9.69 Å². The molecule has 6 heteroatoms. The van der Waals surface area contributed by atoms with Gasteiger partial charge in [0.05, 0.1) is 0 Å². The standard InChI is InChI=1S/C22H16BrNO3S/c23-18-13-11-16(12-14-18)15-20-21(25)24(19-9-5-2-6-10-19)22(28(20,26)27)17-7-3-1-4-8-17/h1-15,22H/b20-15-. The second-order valence-electron chi connectivity index (χ2n) is 6.38. The molecule has 1 fully saturated rings. The molecule has 3 aromatic carbocycles. The number of hydrogen-bond acceptors (Lipinski definition) is 3. The van der Waals surface area contributed by atoms with Crippen LogP contribution in [0.2, 0.25) is 0 Å². The van der Waals surface area contributed by atoms with Gasteiger partial charge in [-0.1, -0.05) is 76.6 Å². The zero-order chi connectivity index (χ0) is 19.7. The van der Waals surface area contributed by atoms with Crippen molar-refractivity contribution in [1.82, 2.24) is 0 Å². The molecule has 3 aromatic rings. The molecule has 0 bridgehead atoms. The SMILES string of the molecule is O=C1/C(=C/c2ccc(Br)cc2)S(=O)(=O)C(c2ccccc2)N1c1ccccc1. The maximum absolute atomic E-state index is 13.4. The second kappa shape index (κ2) is 7.37. The van der Waals surface area contributed by atoms with Crippen molar-refractivity contribution in [3.8, 4) is 0 Å². The molecule has 0 N–H and O–H groups in total. The maximum Gasteiger partial charge on any atom is 0.271 e. The van der Waals surface area contributed by atoms with Gasteiger partial charge in [-0.25, -0.2) is 8.42 Å². The zero-order valence-electron chi connectivity index (χ0n) is 14.7. The van der Waals surface area contributed by atoms with Crippen LogP contribution in [0.25, 0.3) is 6.08 Å². The van der Waals surface area contributed by atoms with Crippen LogP contribution < -0.4 is 4.90 Å². The summed E-state index contributed by atoms with van der Waals surface area (Å²) in [5, 5.41) is -1.09. The first kappa shape index (κ1) is 18.7. The van der Waals surface area contributed by atoms with Crippen LogP contribution in [0.5, 0.6) is 0 Å². The van der Waals surface area contributed by atoms with Gasteiger partial charge in [-0.05, 0) is 41.5 Å². The lowest BCUT2D eigenvalue weighted by Crippen LogP contribution is -2.28. The van der Waals surface area contributed by atoms with E-state index in [-0.39, 0.29) is 4.91 Å². The van der Waals surface area contributed by atoms with Crippen molar-refractivity contribution in [2.75, 3.05) is 4.90 Å². The van der Waals surface area contributed by atoms with Crippen LogP contribution in [0.4, 0.5) is 5.69 Å².